The number of ether oxygens (including phenoxy) is 1. The predicted molar refractivity (Wildman–Crippen MR) is 109 cm³/mol. The zero-order valence-corrected chi connectivity index (χ0v) is 16.7. The zero-order chi connectivity index (χ0) is 21.0. The number of amides is 1. The summed E-state index contributed by atoms with van der Waals surface area (Å²) in [5.41, 5.74) is 2.46. The van der Waals surface area contributed by atoms with Crippen molar-refractivity contribution in [3.8, 4) is 11.3 Å². The third-order valence-corrected chi connectivity index (χ3v) is 4.53. The maximum Gasteiger partial charge on any atom is 0.323 e. The molecule has 1 aromatic carbocycles. The van der Waals surface area contributed by atoms with E-state index in [0.29, 0.717) is 22.3 Å². The van der Waals surface area contributed by atoms with Gasteiger partial charge in [-0.25, -0.2) is 9.67 Å². The lowest BCUT2D eigenvalue weighted by Gasteiger charge is -2.21. The van der Waals surface area contributed by atoms with Crippen molar-refractivity contribution in [3.63, 3.8) is 0 Å². The van der Waals surface area contributed by atoms with E-state index in [0.717, 1.165) is 5.56 Å². The van der Waals surface area contributed by atoms with Crippen LogP contribution in [0.15, 0.2) is 42.6 Å². The SMILES string of the molecule is COCCN(CC(=O)O)C(=O)c1cc(-c2ccccc2)nc2c1cnn2C(C)C. The topological polar surface area (TPSA) is 97.6 Å². The summed E-state index contributed by atoms with van der Waals surface area (Å²) in [5, 5.41) is 14.2. The van der Waals surface area contributed by atoms with Crippen molar-refractivity contribution in [2.45, 2.75) is 19.9 Å². The van der Waals surface area contributed by atoms with Gasteiger partial charge < -0.3 is 14.7 Å². The Balaban J connectivity index is 2.16. The molecule has 3 aromatic rings. The van der Waals surface area contributed by atoms with Gasteiger partial charge in [0.05, 0.1) is 29.4 Å². The summed E-state index contributed by atoms with van der Waals surface area (Å²) in [4.78, 5) is 30.6. The number of fused-ring (bicyclic) bond motifs is 1. The molecular formula is C21H24N4O4. The molecule has 0 radical (unpaired) electrons. The fourth-order valence-electron chi connectivity index (χ4n) is 3.12. The number of carboxylic acid groups (broad SMARTS) is 1. The van der Waals surface area contributed by atoms with Crippen LogP contribution in [0.4, 0.5) is 0 Å². The number of benzene rings is 1. The van der Waals surface area contributed by atoms with Crippen LogP contribution < -0.4 is 0 Å². The van der Waals surface area contributed by atoms with E-state index in [1.807, 2.05) is 44.2 Å². The number of hydrogen-bond acceptors (Lipinski definition) is 5. The van der Waals surface area contributed by atoms with Crippen molar-refractivity contribution in [2.24, 2.45) is 0 Å². The van der Waals surface area contributed by atoms with E-state index in [-0.39, 0.29) is 19.2 Å². The highest BCUT2D eigenvalue weighted by Crippen LogP contribution is 2.27. The van der Waals surface area contributed by atoms with Crippen LogP contribution in [0.3, 0.4) is 0 Å². The summed E-state index contributed by atoms with van der Waals surface area (Å²) < 4.78 is 6.80. The third-order valence-electron chi connectivity index (χ3n) is 4.53. The number of pyridine rings is 1. The number of methoxy groups -OCH3 is 1. The molecule has 0 aliphatic carbocycles. The van der Waals surface area contributed by atoms with Crippen molar-refractivity contribution >= 4 is 22.9 Å². The molecule has 1 amide bonds. The minimum absolute atomic E-state index is 0.0533. The number of carbonyl (C=O) groups excluding carboxylic acids is 1. The quantitative estimate of drug-likeness (QED) is 0.629. The molecule has 0 atom stereocenters. The Hall–Kier alpha value is -3.26. The van der Waals surface area contributed by atoms with E-state index in [1.165, 1.54) is 12.0 Å². The highest BCUT2D eigenvalue weighted by atomic mass is 16.5. The number of aliphatic carboxylic acids is 1. The summed E-state index contributed by atoms with van der Waals surface area (Å²) in [5.74, 6) is -1.47. The summed E-state index contributed by atoms with van der Waals surface area (Å²) in [6.07, 6.45) is 1.61. The van der Waals surface area contributed by atoms with Gasteiger partial charge in [0, 0.05) is 25.3 Å². The summed E-state index contributed by atoms with van der Waals surface area (Å²) in [7, 11) is 1.51. The van der Waals surface area contributed by atoms with Crippen LogP contribution >= 0.6 is 0 Å². The van der Waals surface area contributed by atoms with Gasteiger partial charge in [0.2, 0.25) is 0 Å². The largest absolute Gasteiger partial charge is 0.480 e. The molecule has 0 aliphatic rings. The number of nitrogens with zero attached hydrogens (tertiary/aromatic N) is 4. The molecule has 0 unspecified atom stereocenters. The Bertz CT molecular complexity index is 1010. The maximum atomic E-state index is 13.3. The second-order valence-corrected chi connectivity index (χ2v) is 6.95. The molecular weight excluding hydrogens is 372 g/mol. The Morgan fingerprint density at radius 3 is 2.59 bits per heavy atom. The first kappa shape index (κ1) is 20.5. The standard InChI is InChI=1S/C21H24N4O4/c1-14(2)25-20-17(12-22-25)16(11-18(23-20)15-7-5-4-6-8-15)21(28)24(9-10-29-3)13-19(26)27/h4-8,11-12,14H,9-10,13H2,1-3H3,(H,26,27). The molecule has 8 heteroatoms. The highest BCUT2D eigenvalue weighted by molar-refractivity contribution is 6.07. The molecule has 1 N–H and O–H groups in total. The molecule has 0 saturated heterocycles. The third kappa shape index (κ3) is 4.43. The molecule has 0 saturated carbocycles. The molecule has 2 heterocycles. The fraction of sp³-hybridized carbons (Fsp3) is 0.333. The fourth-order valence-corrected chi connectivity index (χ4v) is 3.12. The van der Waals surface area contributed by atoms with Crippen LogP contribution in [0.2, 0.25) is 0 Å². The molecule has 152 valence electrons. The van der Waals surface area contributed by atoms with Crippen LogP contribution in [0.25, 0.3) is 22.3 Å². The highest BCUT2D eigenvalue weighted by Gasteiger charge is 2.24. The first-order valence-electron chi connectivity index (χ1n) is 9.36. The van der Waals surface area contributed by atoms with Crippen molar-refractivity contribution in [3.05, 3.63) is 48.2 Å². The molecule has 3 rings (SSSR count). The zero-order valence-electron chi connectivity index (χ0n) is 16.7. The van der Waals surface area contributed by atoms with E-state index in [4.69, 9.17) is 9.72 Å². The lowest BCUT2D eigenvalue weighted by molar-refractivity contribution is -0.137. The average Bonchev–Trinajstić information content (AvgIpc) is 3.14. The van der Waals surface area contributed by atoms with E-state index in [1.54, 1.807) is 16.9 Å². The van der Waals surface area contributed by atoms with Gasteiger partial charge in [-0.2, -0.15) is 5.10 Å². The van der Waals surface area contributed by atoms with Crippen LogP contribution in [0, 0.1) is 0 Å². The molecule has 8 nitrogen and oxygen atoms in total. The minimum Gasteiger partial charge on any atom is -0.480 e. The van der Waals surface area contributed by atoms with Gasteiger partial charge in [0.25, 0.3) is 5.91 Å². The van der Waals surface area contributed by atoms with Crippen molar-refractivity contribution < 1.29 is 19.4 Å². The first-order valence-corrected chi connectivity index (χ1v) is 9.36. The second-order valence-electron chi connectivity index (χ2n) is 6.95. The summed E-state index contributed by atoms with van der Waals surface area (Å²) >= 11 is 0. The lowest BCUT2D eigenvalue weighted by Crippen LogP contribution is -2.38. The van der Waals surface area contributed by atoms with Gasteiger partial charge in [-0.3, -0.25) is 9.59 Å². The molecule has 0 aliphatic heterocycles. The van der Waals surface area contributed by atoms with E-state index < -0.39 is 18.4 Å². The Morgan fingerprint density at radius 1 is 1.24 bits per heavy atom. The van der Waals surface area contributed by atoms with Crippen LogP contribution in [0.5, 0.6) is 0 Å². The van der Waals surface area contributed by atoms with Gasteiger partial charge in [0.15, 0.2) is 5.65 Å². The van der Waals surface area contributed by atoms with E-state index >= 15 is 0 Å². The van der Waals surface area contributed by atoms with Crippen molar-refractivity contribution in [1.82, 2.24) is 19.7 Å². The van der Waals surface area contributed by atoms with Crippen LogP contribution in [0.1, 0.15) is 30.2 Å². The normalized spacial score (nSPS) is 11.2. The number of rotatable bonds is 8. The van der Waals surface area contributed by atoms with Gasteiger partial charge in [-0.05, 0) is 19.9 Å². The number of aromatic nitrogens is 3. The minimum atomic E-state index is -1.08. The number of hydrogen-bond donors (Lipinski definition) is 1. The predicted octanol–water partition coefficient (Wildman–Crippen LogP) is 2.85. The van der Waals surface area contributed by atoms with Gasteiger partial charge in [-0.1, -0.05) is 30.3 Å². The number of carboxylic acids is 1. The smallest absolute Gasteiger partial charge is 0.323 e. The Labute approximate surface area is 168 Å². The molecule has 0 spiro atoms. The lowest BCUT2D eigenvalue weighted by atomic mass is 10.1. The second kappa shape index (κ2) is 8.83. The molecule has 2 aromatic heterocycles. The Kier molecular flexibility index (Phi) is 6.23. The van der Waals surface area contributed by atoms with Gasteiger partial charge >= 0.3 is 5.97 Å². The first-order chi connectivity index (χ1) is 13.9. The molecule has 0 fully saturated rings. The molecule has 29 heavy (non-hydrogen) atoms. The Morgan fingerprint density at radius 2 is 1.97 bits per heavy atom. The maximum absolute atomic E-state index is 13.3. The average molecular weight is 396 g/mol. The van der Waals surface area contributed by atoms with Gasteiger partial charge in [-0.15, -0.1) is 0 Å². The number of carbonyl (C=O) groups is 2. The van der Waals surface area contributed by atoms with Gasteiger partial charge in [0.1, 0.15) is 6.54 Å². The summed E-state index contributed by atoms with van der Waals surface area (Å²) in [6, 6.07) is 11.3. The van der Waals surface area contributed by atoms with E-state index in [2.05, 4.69) is 5.10 Å². The monoisotopic (exact) mass is 396 g/mol. The molecule has 0 bridgehead atoms. The van der Waals surface area contributed by atoms with Crippen molar-refractivity contribution in [2.75, 3.05) is 26.8 Å². The van der Waals surface area contributed by atoms with E-state index in [9.17, 15) is 14.7 Å². The van der Waals surface area contributed by atoms with Crippen molar-refractivity contribution in [1.29, 1.82) is 0 Å². The summed E-state index contributed by atoms with van der Waals surface area (Å²) in [6.45, 7) is 3.97. The van der Waals surface area contributed by atoms with Crippen LogP contribution in [-0.4, -0.2) is 63.5 Å². The van der Waals surface area contributed by atoms with Crippen LogP contribution in [-0.2, 0) is 9.53 Å².